The van der Waals surface area contributed by atoms with Crippen LogP contribution in [0.2, 0.25) is 0 Å². The van der Waals surface area contributed by atoms with Gasteiger partial charge in [-0.2, -0.15) is 0 Å². The van der Waals surface area contributed by atoms with E-state index in [0.717, 1.165) is 25.2 Å². The lowest BCUT2D eigenvalue weighted by molar-refractivity contribution is 0.154. The van der Waals surface area contributed by atoms with E-state index < -0.39 is 0 Å². The summed E-state index contributed by atoms with van der Waals surface area (Å²) in [7, 11) is 0. The molecule has 0 radical (unpaired) electrons. The van der Waals surface area contributed by atoms with E-state index in [-0.39, 0.29) is 19.1 Å². The predicted octanol–water partition coefficient (Wildman–Crippen LogP) is 3.00. The van der Waals surface area contributed by atoms with Crippen molar-refractivity contribution in [1.29, 1.82) is 0 Å². The Balaban J connectivity index is 3.83. The minimum absolute atomic E-state index is 0.201. The quantitative estimate of drug-likeness (QED) is 0.564. The van der Waals surface area contributed by atoms with Crippen molar-refractivity contribution in [1.82, 2.24) is 0 Å². The van der Waals surface area contributed by atoms with Gasteiger partial charge in [0.05, 0.1) is 0 Å². The maximum Gasteiger partial charge on any atom is 0.0462 e. The summed E-state index contributed by atoms with van der Waals surface area (Å²) in [6, 6.07) is 0. The van der Waals surface area contributed by atoms with Crippen molar-refractivity contribution in [2.75, 3.05) is 13.2 Å². The zero-order valence-electron chi connectivity index (χ0n) is 10.9. The largest absolute Gasteiger partial charge is 0.396 e. The summed E-state index contributed by atoms with van der Waals surface area (Å²) in [6.45, 7) is 8.58. The van der Waals surface area contributed by atoms with Crippen LogP contribution >= 0.6 is 0 Å². The minimum Gasteiger partial charge on any atom is -0.396 e. The van der Waals surface area contributed by atoms with Crippen LogP contribution in [-0.4, -0.2) is 23.4 Å². The summed E-state index contributed by atoms with van der Waals surface area (Å²) in [6.07, 6.45) is 7.08. The first kappa shape index (κ1) is 15.7. The monoisotopic (exact) mass is 228 g/mol. The Morgan fingerprint density at radius 3 is 2.12 bits per heavy atom. The third-order valence-electron chi connectivity index (χ3n) is 3.08. The van der Waals surface area contributed by atoms with Gasteiger partial charge in [0.1, 0.15) is 0 Å². The van der Waals surface area contributed by atoms with Crippen molar-refractivity contribution in [3.63, 3.8) is 0 Å². The molecule has 0 aromatic carbocycles. The van der Waals surface area contributed by atoms with Crippen molar-refractivity contribution < 1.29 is 10.2 Å². The van der Waals surface area contributed by atoms with Crippen molar-refractivity contribution in [3.05, 3.63) is 12.7 Å². The Bertz CT molecular complexity index is 166. The molecule has 0 bridgehead atoms. The standard InChI is InChI=1S/C14H28O2/c1-4-6-13(10-15)9-14(11-16)8-5-7-12(2)3/h4,12-16H,1,5-11H2,2-3H3/t13-,14+/m1/s1. The first-order chi connectivity index (χ1) is 7.63. The van der Waals surface area contributed by atoms with E-state index in [0.29, 0.717) is 5.92 Å². The van der Waals surface area contributed by atoms with Gasteiger partial charge in [-0.15, -0.1) is 6.58 Å². The first-order valence-electron chi connectivity index (χ1n) is 6.46. The molecule has 0 saturated carbocycles. The van der Waals surface area contributed by atoms with Gasteiger partial charge in [-0.05, 0) is 37.0 Å². The van der Waals surface area contributed by atoms with E-state index in [1.807, 2.05) is 6.08 Å². The van der Waals surface area contributed by atoms with Crippen LogP contribution in [0.15, 0.2) is 12.7 Å². The Hall–Kier alpha value is -0.340. The summed E-state index contributed by atoms with van der Waals surface area (Å²) in [5.41, 5.74) is 0. The van der Waals surface area contributed by atoms with Gasteiger partial charge in [0, 0.05) is 13.2 Å². The summed E-state index contributed by atoms with van der Waals surface area (Å²) in [5, 5.41) is 18.5. The van der Waals surface area contributed by atoms with Crippen molar-refractivity contribution in [2.24, 2.45) is 17.8 Å². The Labute approximate surface area is 100 Å². The highest BCUT2D eigenvalue weighted by molar-refractivity contribution is 4.75. The van der Waals surface area contributed by atoms with Gasteiger partial charge in [-0.3, -0.25) is 0 Å². The summed E-state index contributed by atoms with van der Waals surface area (Å²) in [5.74, 6) is 1.35. The van der Waals surface area contributed by atoms with Crippen LogP contribution in [0, 0.1) is 17.8 Å². The van der Waals surface area contributed by atoms with Gasteiger partial charge < -0.3 is 10.2 Å². The third-order valence-corrected chi connectivity index (χ3v) is 3.08. The lowest BCUT2D eigenvalue weighted by atomic mass is 9.89. The number of aliphatic hydroxyl groups is 2. The summed E-state index contributed by atoms with van der Waals surface area (Å²) in [4.78, 5) is 0. The van der Waals surface area contributed by atoms with E-state index >= 15 is 0 Å². The third kappa shape index (κ3) is 7.89. The normalized spacial score (nSPS) is 15.1. The maximum atomic E-state index is 9.30. The molecule has 0 saturated heterocycles. The average molecular weight is 228 g/mol. The van der Waals surface area contributed by atoms with Crippen LogP contribution in [0.25, 0.3) is 0 Å². The number of rotatable bonds is 10. The SMILES string of the molecule is C=CC[C@@H](CO)C[C@@H](CO)CCCC(C)C. The van der Waals surface area contributed by atoms with Gasteiger partial charge >= 0.3 is 0 Å². The molecule has 0 heterocycles. The molecule has 0 aliphatic rings. The molecule has 0 aliphatic carbocycles. The second kappa shape index (κ2) is 9.86. The van der Waals surface area contributed by atoms with Crippen molar-refractivity contribution in [3.8, 4) is 0 Å². The predicted molar refractivity (Wildman–Crippen MR) is 69.3 cm³/mol. The smallest absolute Gasteiger partial charge is 0.0462 e. The van der Waals surface area contributed by atoms with Crippen LogP contribution < -0.4 is 0 Å². The molecule has 0 rings (SSSR count). The first-order valence-corrected chi connectivity index (χ1v) is 6.46. The fourth-order valence-corrected chi connectivity index (χ4v) is 2.05. The second-order valence-corrected chi connectivity index (χ2v) is 5.18. The Kier molecular flexibility index (Phi) is 9.65. The molecule has 16 heavy (non-hydrogen) atoms. The van der Waals surface area contributed by atoms with E-state index in [1.165, 1.54) is 12.8 Å². The van der Waals surface area contributed by atoms with E-state index in [2.05, 4.69) is 20.4 Å². The molecular weight excluding hydrogens is 200 g/mol. The van der Waals surface area contributed by atoms with Crippen molar-refractivity contribution >= 4 is 0 Å². The van der Waals surface area contributed by atoms with Crippen LogP contribution in [0.3, 0.4) is 0 Å². The van der Waals surface area contributed by atoms with Crippen LogP contribution in [0.4, 0.5) is 0 Å². The second-order valence-electron chi connectivity index (χ2n) is 5.18. The lowest BCUT2D eigenvalue weighted by Crippen LogP contribution is -2.15. The lowest BCUT2D eigenvalue weighted by Gasteiger charge is -2.20. The molecule has 0 unspecified atom stereocenters. The summed E-state index contributed by atoms with van der Waals surface area (Å²) < 4.78 is 0. The van der Waals surface area contributed by atoms with Gasteiger partial charge in [-0.25, -0.2) is 0 Å². The highest BCUT2D eigenvalue weighted by atomic mass is 16.3. The highest BCUT2D eigenvalue weighted by Crippen LogP contribution is 2.21. The van der Waals surface area contributed by atoms with Crippen LogP contribution in [0.1, 0.15) is 46.0 Å². The fourth-order valence-electron chi connectivity index (χ4n) is 2.05. The number of hydrogen-bond acceptors (Lipinski definition) is 2. The van der Waals surface area contributed by atoms with E-state index in [4.69, 9.17) is 0 Å². The molecule has 0 aromatic heterocycles. The molecule has 2 N–H and O–H groups in total. The molecule has 0 spiro atoms. The van der Waals surface area contributed by atoms with Crippen LogP contribution in [-0.2, 0) is 0 Å². The molecule has 0 fully saturated rings. The molecule has 96 valence electrons. The number of aliphatic hydroxyl groups excluding tert-OH is 2. The van der Waals surface area contributed by atoms with Gasteiger partial charge in [0.15, 0.2) is 0 Å². The highest BCUT2D eigenvalue weighted by Gasteiger charge is 2.14. The van der Waals surface area contributed by atoms with E-state index in [9.17, 15) is 10.2 Å². The molecule has 2 nitrogen and oxygen atoms in total. The van der Waals surface area contributed by atoms with E-state index in [1.54, 1.807) is 0 Å². The molecule has 0 aromatic rings. The molecule has 2 heteroatoms. The molecular formula is C14H28O2. The average Bonchev–Trinajstić information content (AvgIpc) is 2.26. The van der Waals surface area contributed by atoms with Crippen LogP contribution in [0.5, 0.6) is 0 Å². The van der Waals surface area contributed by atoms with Crippen molar-refractivity contribution in [2.45, 2.75) is 46.0 Å². The van der Waals surface area contributed by atoms with Gasteiger partial charge in [0.25, 0.3) is 0 Å². The van der Waals surface area contributed by atoms with Gasteiger partial charge in [0.2, 0.25) is 0 Å². The topological polar surface area (TPSA) is 40.5 Å². The summed E-state index contributed by atoms with van der Waals surface area (Å²) >= 11 is 0. The van der Waals surface area contributed by atoms with Gasteiger partial charge in [-0.1, -0.05) is 32.8 Å². The zero-order valence-corrected chi connectivity index (χ0v) is 10.9. The number of hydrogen-bond donors (Lipinski definition) is 2. The Morgan fingerprint density at radius 1 is 1.06 bits per heavy atom. The molecule has 2 atom stereocenters. The molecule has 0 aliphatic heterocycles. The maximum absolute atomic E-state index is 9.30. The fraction of sp³-hybridized carbons (Fsp3) is 0.857. The molecule has 0 amide bonds. The Morgan fingerprint density at radius 2 is 1.69 bits per heavy atom. The zero-order chi connectivity index (χ0) is 12.4. The number of allylic oxidation sites excluding steroid dienone is 1. The minimum atomic E-state index is 0.201.